The average Bonchev–Trinajstić information content (AvgIpc) is 2.42. The minimum atomic E-state index is -0.574. The van der Waals surface area contributed by atoms with Gasteiger partial charge in [0.05, 0.1) is 6.10 Å². The molecule has 1 aromatic carbocycles. The molecule has 0 aliphatic carbocycles. The number of pyridine rings is 1. The molecular weight excluding hydrogens is 243 g/mol. The van der Waals surface area contributed by atoms with Crippen LogP contribution < -0.4 is 5.32 Å². The lowest BCUT2D eigenvalue weighted by atomic mass is 10.0. The van der Waals surface area contributed by atoms with Gasteiger partial charge in [-0.3, -0.25) is 0 Å². The van der Waals surface area contributed by atoms with Gasteiger partial charge in [0.2, 0.25) is 0 Å². The van der Waals surface area contributed by atoms with E-state index in [9.17, 15) is 9.50 Å². The highest BCUT2D eigenvalue weighted by Crippen LogP contribution is 2.20. The SMILES string of the molecule is C[C@@H](C[C@@H](O)c1ccccc1)Nc1ncccc1F. The predicted octanol–water partition coefficient (Wildman–Crippen LogP) is 3.14. The number of nitrogens with one attached hydrogen (secondary N) is 1. The Morgan fingerprint density at radius 1 is 1.21 bits per heavy atom. The van der Waals surface area contributed by atoms with Crippen molar-refractivity contribution in [2.45, 2.75) is 25.5 Å². The van der Waals surface area contributed by atoms with Crippen molar-refractivity contribution in [3.05, 3.63) is 60.0 Å². The zero-order chi connectivity index (χ0) is 13.7. The first kappa shape index (κ1) is 13.5. The van der Waals surface area contributed by atoms with Crippen LogP contribution in [0.3, 0.4) is 0 Å². The van der Waals surface area contributed by atoms with Crippen LogP contribution in [0.2, 0.25) is 0 Å². The summed E-state index contributed by atoms with van der Waals surface area (Å²) in [6.07, 6.45) is 1.45. The minimum Gasteiger partial charge on any atom is -0.388 e. The van der Waals surface area contributed by atoms with Gasteiger partial charge < -0.3 is 10.4 Å². The van der Waals surface area contributed by atoms with Crippen LogP contribution in [0.25, 0.3) is 0 Å². The lowest BCUT2D eigenvalue weighted by Gasteiger charge is -2.18. The van der Waals surface area contributed by atoms with E-state index in [-0.39, 0.29) is 17.7 Å². The van der Waals surface area contributed by atoms with E-state index in [1.54, 1.807) is 6.07 Å². The fourth-order valence-corrected chi connectivity index (χ4v) is 1.93. The summed E-state index contributed by atoms with van der Waals surface area (Å²) >= 11 is 0. The summed E-state index contributed by atoms with van der Waals surface area (Å²) < 4.78 is 13.4. The minimum absolute atomic E-state index is 0.0837. The second-order valence-electron chi connectivity index (χ2n) is 4.54. The molecule has 0 bridgehead atoms. The molecule has 2 rings (SSSR count). The highest BCUT2D eigenvalue weighted by molar-refractivity contribution is 5.36. The van der Waals surface area contributed by atoms with Crippen LogP contribution in [0, 0.1) is 5.82 Å². The molecule has 2 aromatic rings. The first-order chi connectivity index (χ1) is 9.16. The number of aliphatic hydroxyl groups excluding tert-OH is 1. The highest BCUT2D eigenvalue weighted by Gasteiger charge is 2.13. The van der Waals surface area contributed by atoms with Crippen LogP contribution >= 0.6 is 0 Å². The molecule has 0 fully saturated rings. The summed E-state index contributed by atoms with van der Waals surface area (Å²) in [4.78, 5) is 3.93. The molecule has 0 saturated heterocycles. The van der Waals surface area contributed by atoms with Crippen molar-refractivity contribution in [3.63, 3.8) is 0 Å². The summed E-state index contributed by atoms with van der Waals surface area (Å²) in [5.74, 6) is -0.168. The third-order valence-corrected chi connectivity index (χ3v) is 2.90. The smallest absolute Gasteiger partial charge is 0.165 e. The van der Waals surface area contributed by atoms with Gasteiger partial charge >= 0.3 is 0 Å². The third-order valence-electron chi connectivity index (χ3n) is 2.90. The van der Waals surface area contributed by atoms with Crippen LogP contribution in [-0.2, 0) is 0 Å². The largest absolute Gasteiger partial charge is 0.388 e. The van der Waals surface area contributed by atoms with Crippen molar-refractivity contribution in [3.8, 4) is 0 Å². The fourth-order valence-electron chi connectivity index (χ4n) is 1.93. The quantitative estimate of drug-likeness (QED) is 0.868. The zero-order valence-corrected chi connectivity index (χ0v) is 10.8. The lowest BCUT2D eigenvalue weighted by molar-refractivity contribution is 0.162. The Balaban J connectivity index is 1.95. The van der Waals surface area contributed by atoms with Gasteiger partial charge in [-0.2, -0.15) is 0 Å². The Labute approximate surface area is 112 Å². The monoisotopic (exact) mass is 260 g/mol. The van der Waals surface area contributed by atoms with E-state index in [2.05, 4.69) is 10.3 Å². The Morgan fingerprint density at radius 2 is 1.95 bits per heavy atom. The average molecular weight is 260 g/mol. The Kier molecular flexibility index (Phi) is 4.47. The number of aromatic nitrogens is 1. The van der Waals surface area contributed by atoms with Gasteiger partial charge in [-0.05, 0) is 31.0 Å². The molecule has 0 saturated carbocycles. The molecule has 4 heteroatoms. The molecule has 2 atom stereocenters. The molecule has 19 heavy (non-hydrogen) atoms. The van der Waals surface area contributed by atoms with Gasteiger partial charge in [0.1, 0.15) is 0 Å². The molecule has 0 aliphatic heterocycles. The van der Waals surface area contributed by atoms with E-state index >= 15 is 0 Å². The molecule has 1 heterocycles. The summed E-state index contributed by atoms with van der Waals surface area (Å²) in [5.41, 5.74) is 0.859. The number of anilines is 1. The van der Waals surface area contributed by atoms with Crippen molar-refractivity contribution >= 4 is 5.82 Å². The molecule has 1 aromatic heterocycles. The van der Waals surface area contributed by atoms with Crippen LogP contribution in [-0.4, -0.2) is 16.1 Å². The Hall–Kier alpha value is -1.94. The van der Waals surface area contributed by atoms with Gasteiger partial charge in [0, 0.05) is 12.2 Å². The van der Waals surface area contributed by atoms with Gasteiger partial charge in [-0.15, -0.1) is 0 Å². The van der Waals surface area contributed by atoms with E-state index < -0.39 is 6.10 Å². The van der Waals surface area contributed by atoms with Gasteiger partial charge in [0.25, 0.3) is 0 Å². The topological polar surface area (TPSA) is 45.1 Å². The number of rotatable bonds is 5. The maximum Gasteiger partial charge on any atom is 0.165 e. The number of aliphatic hydroxyl groups is 1. The van der Waals surface area contributed by atoms with Crippen LogP contribution in [0.1, 0.15) is 25.0 Å². The van der Waals surface area contributed by atoms with Gasteiger partial charge in [-0.25, -0.2) is 9.37 Å². The molecule has 2 N–H and O–H groups in total. The van der Waals surface area contributed by atoms with E-state index in [1.165, 1.54) is 12.3 Å². The molecule has 0 spiro atoms. The van der Waals surface area contributed by atoms with Crippen molar-refractivity contribution in [1.29, 1.82) is 0 Å². The van der Waals surface area contributed by atoms with Crippen molar-refractivity contribution in [2.24, 2.45) is 0 Å². The van der Waals surface area contributed by atoms with Crippen LogP contribution in [0.4, 0.5) is 10.2 Å². The molecule has 0 amide bonds. The number of nitrogens with zero attached hydrogens (tertiary/aromatic N) is 1. The number of benzene rings is 1. The molecule has 0 aliphatic rings. The molecular formula is C15H17FN2O. The van der Waals surface area contributed by atoms with Gasteiger partial charge in [-0.1, -0.05) is 30.3 Å². The lowest BCUT2D eigenvalue weighted by Crippen LogP contribution is -2.20. The Morgan fingerprint density at radius 3 is 2.63 bits per heavy atom. The maximum absolute atomic E-state index is 13.4. The summed E-state index contributed by atoms with van der Waals surface area (Å²) in [5, 5.41) is 13.0. The molecule has 3 nitrogen and oxygen atoms in total. The molecule has 0 unspecified atom stereocenters. The maximum atomic E-state index is 13.4. The number of hydrogen-bond acceptors (Lipinski definition) is 3. The first-order valence-corrected chi connectivity index (χ1v) is 6.27. The van der Waals surface area contributed by atoms with E-state index in [0.29, 0.717) is 6.42 Å². The number of halogens is 1. The van der Waals surface area contributed by atoms with Crippen molar-refractivity contribution in [1.82, 2.24) is 4.98 Å². The molecule has 100 valence electrons. The van der Waals surface area contributed by atoms with Crippen LogP contribution in [0.5, 0.6) is 0 Å². The van der Waals surface area contributed by atoms with E-state index in [1.807, 2.05) is 37.3 Å². The van der Waals surface area contributed by atoms with E-state index in [0.717, 1.165) is 5.56 Å². The third kappa shape index (κ3) is 3.76. The van der Waals surface area contributed by atoms with Crippen LogP contribution in [0.15, 0.2) is 48.7 Å². The second-order valence-corrected chi connectivity index (χ2v) is 4.54. The summed E-state index contributed by atoms with van der Waals surface area (Å²) in [7, 11) is 0. The van der Waals surface area contributed by atoms with Crippen molar-refractivity contribution in [2.75, 3.05) is 5.32 Å². The predicted molar refractivity (Wildman–Crippen MR) is 73.3 cm³/mol. The highest BCUT2D eigenvalue weighted by atomic mass is 19.1. The number of hydrogen-bond donors (Lipinski definition) is 2. The summed E-state index contributed by atoms with van der Waals surface area (Å²) in [6.45, 7) is 1.89. The first-order valence-electron chi connectivity index (χ1n) is 6.27. The van der Waals surface area contributed by atoms with Crippen molar-refractivity contribution < 1.29 is 9.50 Å². The standard InChI is InChI=1S/C15H17FN2O/c1-11(18-15-13(16)8-5-9-17-15)10-14(19)12-6-3-2-4-7-12/h2-9,11,14,19H,10H2,1H3,(H,17,18)/t11-,14+/m0/s1. The summed E-state index contributed by atoms with van der Waals surface area (Å²) in [6, 6.07) is 12.2. The van der Waals surface area contributed by atoms with Gasteiger partial charge in [0.15, 0.2) is 11.6 Å². The van der Waals surface area contributed by atoms with E-state index in [4.69, 9.17) is 0 Å². The normalized spacial score (nSPS) is 13.8. The Bertz CT molecular complexity index is 519. The fraction of sp³-hybridized carbons (Fsp3) is 0.267. The molecule has 0 radical (unpaired) electrons. The second kappa shape index (κ2) is 6.29. The zero-order valence-electron chi connectivity index (χ0n) is 10.8.